The van der Waals surface area contributed by atoms with Gasteiger partial charge in [-0.2, -0.15) is 18.3 Å². The number of ether oxygens (including phenoxy) is 1. The third-order valence-electron chi connectivity index (χ3n) is 2.98. The Hall–Kier alpha value is -2.02. The van der Waals surface area contributed by atoms with Gasteiger partial charge >= 0.3 is 6.18 Å². The van der Waals surface area contributed by atoms with Crippen LogP contribution in [0, 0.1) is 0 Å². The van der Waals surface area contributed by atoms with Gasteiger partial charge in [-0.3, -0.25) is 4.68 Å². The second-order valence-corrected chi connectivity index (χ2v) is 4.84. The number of nitrogens with zero attached hydrogens (tertiary/aromatic N) is 2. The first-order chi connectivity index (χ1) is 9.79. The first kappa shape index (κ1) is 15.4. The summed E-state index contributed by atoms with van der Waals surface area (Å²) in [5.74, 6) is -0.240. The summed E-state index contributed by atoms with van der Waals surface area (Å²) in [7, 11) is 1.71. The largest absolute Gasteiger partial charge is 0.483 e. The summed E-state index contributed by atoms with van der Waals surface area (Å²) in [6.07, 6.45) is -1.98. The molecule has 0 amide bonds. The summed E-state index contributed by atoms with van der Waals surface area (Å²) in [4.78, 5) is 0. The Balaban J connectivity index is 2.34. The second kappa shape index (κ2) is 5.77. The van der Waals surface area contributed by atoms with Crippen LogP contribution in [0.2, 0.25) is 0 Å². The molecule has 0 aliphatic heterocycles. The number of alkyl halides is 3. The Kier molecular flexibility index (Phi) is 4.22. The zero-order valence-electron chi connectivity index (χ0n) is 11.6. The highest BCUT2D eigenvalue weighted by Crippen LogP contribution is 2.38. The number of para-hydroxylation sites is 1. The predicted molar refractivity (Wildman–Crippen MR) is 71.7 cm³/mol. The quantitative estimate of drug-likeness (QED) is 0.944. The minimum atomic E-state index is -4.48. The Labute approximate surface area is 120 Å². The molecule has 2 unspecified atom stereocenters. The van der Waals surface area contributed by atoms with Crippen molar-refractivity contribution in [3.8, 4) is 5.75 Å². The highest BCUT2D eigenvalue weighted by Gasteiger charge is 2.35. The van der Waals surface area contributed by atoms with E-state index in [9.17, 15) is 13.2 Å². The average Bonchev–Trinajstić information content (AvgIpc) is 2.81. The molecule has 1 heterocycles. The summed E-state index contributed by atoms with van der Waals surface area (Å²) in [6.45, 7) is 1.67. The van der Waals surface area contributed by atoms with Crippen LogP contribution in [0.3, 0.4) is 0 Å². The number of hydrogen-bond acceptors (Lipinski definition) is 3. The van der Waals surface area contributed by atoms with Crippen molar-refractivity contribution in [2.24, 2.45) is 12.8 Å². The SMILES string of the molecule is CC(N)C(Oc1ccccc1C(F)(F)F)c1cnn(C)c1. The molecule has 21 heavy (non-hydrogen) atoms. The lowest BCUT2D eigenvalue weighted by Gasteiger charge is -2.23. The Morgan fingerprint density at radius 1 is 1.29 bits per heavy atom. The molecule has 0 saturated heterocycles. The van der Waals surface area contributed by atoms with Gasteiger partial charge in [0.25, 0.3) is 0 Å². The number of rotatable bonds is 4. The fourth-order valence-electron chi connectivity index (χ4n) is 2.01. The number of aromatic nitrogens is 2. The molecule has 1 aromatic carbocycles. The lowest BCUT2D eigenvalue weighted by molar-refractivity contribution is -0.139. The molecule has 0 radical (unpaired) electrons. The van der Waals surface area contributed by atoms with E-state index in [1.165, 1.54) is 24.4 Å². The maximum absolute atomic E-state index is 13.0. The smallest absolute Gasteiger partial charge is 0.419 e. The molecular weight excluding hydrogens is 283 g/mol. The molecule has 0 saturated carbocycles. The Bertz CT molecular complexity index is 608. The number of aryl methyl sites for hydroxylation is 1. The summed E-state index contributed by atoms with van der Waals surface area (Å²) >= 11 is 0. The van der Waals surface area contributed by atoms with Gasteiger partial charge in [-0.15, -0.1) is 0 Å². The molecule has 0 aliphatic carbocycles. The van der Waals surface area contributed by atoms with E-state index in [0.717, 1.165) is 6.07 Å². The van der Waals surface area contributed by atoms with E-state index >= 15 is 0 Å². The van der Waals surface area contributed by atoms with Crippen molar-refractivity contribution in [2.75, 3.05) is 0 Å². The lowest BCUT2D eigenvalue weighted by atomic mass is 10.1. The molecule has 7 heteroatoms. The topological polar surface area (TPSA) is 53.1 Å². The first-order valence-electron chi connectivity index (χ1n) is 6.36. The van der Waals surface area contributed by atoms with Crippen molar-refractivity contribution in [3.05, 3.63) is 47.8 Å². The van der Waals surface area contributed by atoms with Crippen LogP contribution in [0.4, 0.5) is 13.2 Å². The van der Waals surface area contributed by atoms with E-state index in [0.29, 0.717) is 5.56 Å². The van der Waals surface area contributed by atoms with Crippen molar-refractivity contribution >= 4 is 0 Å². The van der Waals surface area contributed by atoms with Crippen molar-refractivity contribution in [3.63, 3.8) is 0 Å². The molecule has 4 nitrogen and oxygen atoms in total. The van der Waals surface area contributed by atoms with Crippen molar-refractivity contribution in [1.29, 1.82) is 0 Å². The number of benzene rings is 1. The zero-order chi connectivity index (χ0) is 15.6. The molecule has 114 valence electrons. The van der Waals surface area contributed by atoms with Crippen molar-refractivity contribution in [2.45, 2.75) is 25.2 Å². The van der Waals surface area contributed by atoms with E-state index in [1.54, 1.807) is 24.9 Å². The van der Waals surface area contributed by atoms with E-state index < -0.39 is 23.9 Å². The zero-order valence-corrected chi connectivity index (χ0v) is 11.6. The highest BCUT2D eigenvalue weighted by molar-refractivity contribution is 5.36. The standard InChI is InChI=1S/C14H16F3N3O/c1-9(18)13(10-7-19-20(2)8-10)21-12-6-4-3-5-11(12)14(15,16)17/h3-9,13H,18H2,1-2H3. The van der Waals surface area contributed by atoms with Crippen LogP contribution in [0.25, 0.3) is 0 Å². The monoisotopic (exact) mass is 299 g/mol. The maximum atomic E-state index is 13.0. The molecule has 2 aromatic rings. The molecular formula is C14H16F3N3O. The van der Waals surface area contributed by atoms with E-state index in [1.807, 2.05) is 0 Å². The predicted octanol–water partition coefficient (Wildman–Crippen LogP) is 2.91. The molecule has 0 spiro atoms. The fraction of sp³-hybridized carbons (Fsp3) is 0.357. The van der Waals surface area contributed by atoms with E-state index in [4.69, 9.17) is 10.5 Å². The second-order valence-electron chi connectivity index (χ2n) is 4.84. The van der Waals surface area contributed by atoms with E-state index in [-0.39, 0.29) is 5.75 Å². The maximum Gasteiger partial charge on any atom is 0.419 e. The van der Waals surface area contributed by atoms with Gasteiger partial charge in [0, 0.05) is 24.8 Å². The van der Waals surface area contributed by atoms with Crippen LogP contribution < -0.4 is 10.5 Å². The summed E-state index contributed by atoms with van der Waals surface area (Å²) in [5.41, 5.74) is 5.65. The van der Waals surface area contributed by atoms with Crippen LogP contribution in [0.15, 0.2) is 36.7 Å². The van der Waals surface area contributed by atoms with Crippen molar-refractivity contribution in [1.82, 2.24) is 9.78 Å². The molecule has 0 bridgehead atoms. The fourth-order valence-corrected chi connectivity index (χ4v) is 2.01. The van der Waals surface area contributed by atoms with Crippen LogP contribution >= 0.6 is 0 Å². The number of nitrogens with two attached hydrogens (primary N) is 1. The van der Waals surface area contributed by atoms with Gasteiger partial charge in [-0.25, -0.2) is 0 Å². The van der Waals surface area contributed by atoms with E-state index in [2.05, 4.69) is 5.10 Å². The summed E-state index contributed by atoms with van der Waals surface area (Å²) in [5, 5.41) is 3.99. The van der Waals surface area contributed by atoms with Crippen molar-refractivity contribution < 1.29 is 17.9 Å². The van der Waals surface area contributed by atoms with Gasteiger partial charge in [0.2, 0.25) is 0 Å². The van der Waals surface area contributed by atoms with Gasteiger partial charge < -0.3 is 10.5 Å². The molecule has 2 N–H and O–H groups in total. The molecule has 0 aliphatic rings. The van der Waals surface area contributed by atoms with Gasteiger partial charge in [-0.1, -0.05) is 12.1 Å². The lowest BCUT2D eigenvalue weighted by Crippen LogP contribution is -2.29. The Morgan fingerprint density at radius 2 is 1.95 bits per heavy atom. The molecule has 0 fully saturated rings. The molecule has 2 atom stereocenters. The van der Waals surface area contributed by atoms with Gasteiger partial charge in [0.05, 0.1) is 11.8 Å². The third kappa shape index (κ3) is 3.55. The minimum Gasteiger partial charge on any atom is -0.483 e. The first-order valence-corrected chi connectivity index (χ1v) is 6.36. The van der Waals surface area contributed by atoms with Crippen LogP contribution in [-0.2, 0) is 13.2 Å². The summed E-state index contributed by atoms with van der Waals surface area (Å²) in [6, 6.07) is 4.59. The van der Waals surface area contributed by atoms with Crippen LogP contribution in [0.1, 0.15) is 24.2 Å². The molecule has 2 rings (SSSR count). The normalized spacial score (nSPS) is 14.8. The average molecular weight is 299 g/mol. The van der Waals surface area contributed by atoms with Gasteiger partial charge in [0.1, 0.15) is 11.9 Å². The minimum absolute atomic E-state index is 0.240. The number of hydrogen-bond donors (Lipinski definition) is 1. The van der Waals surface area contributed by atoms with Crippen LogP contribution in [0.5, 0.6) is 5.75 Å². The number of halogens is 3. The van der Waals surface area contributed by atoms with Crippen LogP contribution in [-0.4, -0.2) is 15.8 Å². The van der Waals surface area contributed by atoms with Gasteiger partial charge in [-0.05, 0) is 19.1 Å². The highest BCUT2D eigenvalue weighted by atomic mass is 19.4. The molecule has 1 aromatic heterocycles. The third-order valence-corrected chi connectivity index (χ3v) is 2.98. The summed E-state index contributed by atoms with van der Waals surface area (Å²) < 4.78 is 46.0. The van der Waals surface area contributed by atoms with Gasteiger partial charge in [0.15, 0.2) is 0 Å². The Morgan fingerprint density at radius 3 is 2.48 bits per heavy atom.